The Morgan fingerprint density at radius 1 is 1.16 bits per heavy atom. The zero-order valence-corrected chi connectivity index (χ0v) is 26.1. The predicted octanol–water partition coefficient (Wildman–Crippen LogP) is 5.60. The molecule has 0 radical (unpaired) electrons. The molecule has 12 heteroatoms. The summed E-state index contributed by atoms with van der Waals surface area (Å²) in [5.74, 6) is 7.45. The van der Waals surface area contributed by atoms with E-state index in [0.29, 0.717) is 48.1 Å². The number of anilines is 1. The lowest BCUT2D eigenvalue weighted by atomic mass is 10.0. The summed E-state index contributed by atoms with van der Waals surface area (Å²) in [6.07, 6.45) is -2.32. The normalized spacial score (nSPS) is 21.0. The van der Waals surface area contributed by atoms with Crippen molar-refractivity contribution in [3.05, 3.63) is 48.2 Å². The van der Waals surface area contributed by atoms with E-state index in [2.05, 4.69) is 22.1 Å². The maximum atomic E-state index is 13.8. The molecule has 3 aromatic rings. The van der Waals surface area contributed by atoms with Crippen molar-refractivity contribution in [1.29, 1.82) is 0 Å². The number of halogens is 3. The quantitative estimate of drug-likeness (QED) is 0.200. The zero-order valence-electron chi connectivity index (χ0n) is 25.2. The first-order valence-electron chi connectivity index (χ1n) is 14.7. The van der Waals surface area contributed by atoms with Crippen LogP contribution in [0.1, 0.15) is 31.9 Å². The maximum Gasteiger partial charge on any atom is 0.406 e. The van der Waals surface area contributed by atoms with Gasteiger partial charge in [0.25, 0.3) is 5.69 Å². The molecule has 4 heterocycles. The summed E-state index contributed by atoms with van der Waals surface area (Å²) in [7, 11) is 3.24. The molecule has 2 aromatic carbocycles. The molecule has 1 unspecified atom stereocenters. The van der Waals surface area contributed by atoms with Gasteiger partial charge in [-0.3, -0.25) is 10.0 Å². The van der Waals surface area contributed by atoms with Crippen molar-refractivity contribution in [3.8, 4) is 17.6 Å². The Labute approximate surface area is 260 Å². The lowest BCUT2D eigenvalue weighted by Crippen LogP contribution is -2.45. The first-order chi connectivity index (χ1) is 21.2. The molecular formula is C32H39F3N5O3S+. The van der Waals surface area contributed by atoms with Gasteiger partial charge in [-0.15, -0.1) is 4.58 Å². The summed E-state index contributed by atoms with van der Waals surface area (Å²) in [6.45, 7) is 3.83. The minimum absolute atomic E-state index is 0.152. The van der Waals surface area contributed by atoms with Crippen LogP contribution in [0.3, 0.4) is 0 Å². The number of fused-ring (bicyclic) bond motifs is 7. The van der Waals surface area contributed by atoms with Gasteiger partial charge in [-0.25, -0.2) is 0 Å². The molecular weight excluding hydrogens is 591 g/mol. The van der Waals surface area contributed by atoms with E-state index < -0.39 is 12.7 Å². The molecule has 0 amide bonds. The van der Waals surface area contributed by atoms with Crippen molar-refractivity contribution < 1.29 is 32.0 Å². The van der Waals surface area contributed by atoms with E-state index in [-0.39, 0.29) is 18.7 Å². The Morgan fingerprint density at radius 3 is 2.64 bits per heavy atom. The number of alkyl halides is 3. The highest BCUT2D eigenvalue weighted by Crippen LogP contribution is 2.33. The minimum Gasteiger partial charge on any atom is -0.490 e. The van der Waals surface area contributed by atoms with Crippen LogP contribution in [0.25, 0.3) is 10.9 Å². The van der Waals surface area contributed by atoms with Gasteiger partial charge in [0.1, 0.15) is 12.6 Å². The summed E-state index contributed by atoms with van der Waals surface area (Å²) in [5.41, 5.74) is 2.33. The van der Waals surface area contributed by atoms with Crippen LogP contribution in [0.2, 0.25) is 0 Å². The number of piperidine rings is 1. The number of nitrogens with two attached hydrogens (primary N) is 1. The van der Waals surface area contributed by atoms with Crippen molar-refractivity contribution in [2.75, 3.05) is 52.3 Å². The van der Waals surface area contributed by atoms with E-state index in [1.807, 2.05) is 35.8 Å². The maximum absolute atomic E-state index is 13.8. The molecule has 1 atom stereocenters. The average Bonchev–Trinajstić information content (AvgIpc) is 3.35. The van der Waals surface area contributed by atoms with Gasteiger partial charge in [0.05, 0.1) is 31.3 Å². The monoisotopic (exact) mass is 630 g/mol. The molecule has 44 heavy (non-hydrogen) atoms. The molecule has 0 saturated carbocycles. The molecule has 3 N–H and O–H groups in total. The molecule has 0 aliphatic carbocycles. The Bertz CT molecular complexity index is 1550. The minimum atomic E-state index is -4.41. The first kappa shape index (κ1) is 32.0. The fraction of sp³-hybridized carbons (Fsp3) is 0.469. The lowest BCUT2D eigenvalue weighted by Gasteiger charge is -2.34. The molecule has 1 aromatic heterocycles. The number of methoxy groups -OCH3 is 2. The summed E-state index contributed by atoms with van der Waals surface area (Å²) in [6, 6.07) is 13.0. The van der Waals surface area contributed by atoms with E-state index in [9.17, 15) is 13.2 Å². The number of aromatic nitrogens is 1. The molecule has 4 bridgehead atoms. The SMILES string of the molecule is CCC1=[N+](c2ccc(SN)cc2OC)CC#Cc2cc3c(cccc3n2CC(F)(F)F)NC2CCN(CC2)CC(COC)O1. The molecule has 1 saturated heterocycles. The van der Waals surface area contributed by atoms with E-state index >= 15 is 0 Å². The van der Waals surface area contributed by atoms with Gasteiger partial charge in [-0.2, -0.15) is 13.2 Å². The summed E-state index contributed by atoms with van der Waals surface area (Å²) >= 11 is 1.11. The van der Waals surface area contributed by atoms with Gasteiger partial charge in [0, 0.05) is 60.9 Å². The van der Waals surface area contributed by atoms with Crippen LogP contribution in [-0.2, 0) is 16.0 Å². The lowest BCUT2D eigenvalue weighted by molar-refractivity contribution is -0.440. The fourth-order valence-electron chi connectivity index (χ4n) is 5.94. The van der Waals surface area contributed by atoms with Crippen LogP contribution >= 0.6 is 11.9 Å². The second-order valence-electron chi connectivity index (χ2n) is 11.0. The second-order valence-corrected chi connectivity index (χ2v) is 11.7. The van der Waals surface area contributed by atoms with Crippen LogP contribution in [0.4, 0.5) is 24.5 Å². The van der Waals surface area contributed by atoms with E-state index in [1.165, 1.54) is 4.57 Å². The standard InChI is InChI=1S/C32H39F3N5O3S/c1-4-31-39(29-11-10-25(44-36)18-30(29)42-3)14-6-7-23-17-26-27(8-5-9-28(26)40(23)21-32(33,34)35)37-22-12-15-38(16-13-22)19-24(43-31)20-41-2/h5,8-11,17-18,22,24,37H,4,12-16,19-21,36H2,1-3H3/q+1. The molecule has 8 nitrogen and oxygen atoms in total. The number of nitrogens with zero attached hydrogens (tertiary/aromatic N) is 3. The fourth-order valence-corrected chi connectivity index (χ4v) is 6.26. The van der Waals surface area contributed by atoms with Gasteiger partial charge in [0.2, 0.25) is 6.54 Å². The number of nitrogens with one attached hydrogen (secondary N) is 1. The number of hydrogen-bond donors (Lipinski definition) is 2. The van der Waals surface area contributed by atoms with Gasteiger partial charge >= 0.3 is 12.1 Å². The Morgan fingerprint density at radius 2 is 1.95 bits per heavy atom. The average molecular weight is 631 g/mol. The van der Waals surface area contributed by atoms with E-state index in [1.54, 1.807) is 32.4 Å². The summed E-state index contributed by atoms with van der Waals surface area (Å²) in [4.78, 5) is 3.20. The first-order valence-corrected chi connectivity index (χ1v) is 15.6. The van der Waals surface area contributed by atoms with Crippen molar-refractivity contribution in [2.24, 2.45) is 5.14 Å². The largest absolute Gasteiger partial charge is 0.490 e. The highest BCUT2D eigenvalue weighted by Gasteiger charge is 2.31. The molecule has 3 aliphatic rings. The number of hydrogen-bond acceptors (Lipinski definition) is 7. The molecule has 0 spiro atoms. The Balaban J connectivity index is 1.67. The van der Waals surface area contributed by atoms with Gasteiger partial charge in [-0.1, -0.05) is 13.0 Å². The van der Waals surface area contributed by atoms with Gasteiger partial charge in [-0.05, 0) is 60.9 Å². The third-order valence-electron chi connectivity index (χ3n) is 7.98. The van der Waals surface area contributed by atoms with Crippen LogP contribution in [0.5, 0.6) is 5.75 Å². The van der Waals surface area contributed by atoms with Gasteiger partial charge < -0.3 is 24.1 Å². The Hall–Kier alpha value is -3.37. The smallest absolute Gasteiger partial charge is 0.406 e. The highest BCUT2D eigenvalue weighted by molar-refractivity contribution is 7.97. The van der Waals surface area contributed by atoms with Crippen LogP contribution in [0.15, 0.2) is 47.4 Å². The van der Waals surface area contributed by atoms with Crippen LogP contribution in [0, 0.1) is 11.8 Å². The van der Waals surface area contributed by atoms with Crippen LogP contribution < -0.4 is 15.2 Å². The summed E-state index contributed by atoms with van der Waals surface area (Å²) in [5, 5.41) is 10.2. The highest BCUT2D eigenvalue weighted by atomic mass is 32.2. The molecule has 1 fully saturated rings. The topological polar surface area (TPSA) is 76.9 Å². The zero-order chi connectivity index (χ0) is 31.3. The van der Waals surface area contributed by atoms with Crippen LogP contribution in [-0.4, -0.2) is 85.3 Å². The van der Waals surface area contributed by atoms with Gasteiger partial charge in [0.15, 0.2) is 5.75 Å². The number of rotatable bonds is 7. The predicted molar refractivity (Wildman–Crippen MR) is 168 cm³/mol. The van der Waals surface area contributed by atoms with E-state index in [0.717, 1.165) is 53.8 Å². The van der Waals surface area contributed by atoms with E-state index in [4.69, 9.17) is 19.3 Å². The molecule has 236 valence electrons. The van der Waals surface area contributed by atoms with Crippen molar-refractivity contribution >= 4 is 40.1 Å². The molecule has 6 rings (SSSR count). The third-order valence-corrected chi connectivity index (χ3v) is 8.51. The second kappa shape index (κ2) is 14.2. The molecule has 3 aliphatic heterocycles. The van der Waals surface area contributed by atoms with Crippen molar-refractivity contribution in [3.63, 3.8) is 0 Å². The summed E-state index contributed by atoms with van der Waals surface area (Å²) < 4.78 is 62.5. The Kier molecular flexibility index (Phi) is 10.3. The number of benzene rings is 2. The number of ether oxygens (including phenoxy) is 3. The third kappa shape index (κ3) is 7.46. The van der Waals surface area contributed by atoms with Crippen molar-refractivity contribution in [2.45, 2.75) is 55.9 Å². The van der Waals surface area contributed by atoms with Crippen molar-refractivity contribution in [1.82, 2.24) is 9.47 Å².